The van der Waals surface area contributed by atoms with Gasteiger partial charge in [-0.3, -0.25) is 9.80 Å². The van der Waals surface area contributed by atoms with Gasteiger partial charge in [0.15, 0.2) is 11.5 Å². The molecule has 2 N–H and O–H groups in total. The molecule has 174 valence electrons. The second kappa shape index (κ2) is 11.1. The Morgan fingerprint density at radius 2 is 1.56 bits per heavy atom. The number of hydrogen-bond donors (Lipinski definition) is 1. The maximum atomic E-state index is 12.1. The minimum Gasteiger partial charge on any atom is -0.493 e. The van der Waals surface area contributed by atoms with Crippen molar-refractivity contribution in [3.63, 3.8) is 0 Å². The smallest absolute Gasteiger partial charge is 0.338 e. The lowest BCUT2D eigenvalue weighted by atomic mass is 10.1. The van der Waals surface area contributed by atoms with Crippen molar-refractivity contribution in [2.24, 2.45) is 0 Å². The maximum Gasteiger partial charge on any atom is 0.338 e. The quantitative estimate of drug-likeness (QED) is 0.468. The van der Waals surface area contributed by atoms with Crippen LogP contribution < -0.4 is 19.9 Å². The molecule has 0 radical (unpaired) electrons. The van der Waals surface area contributed by atoms with Crippen molar-refractivity contribution in [3.05, 3.63) is 47.0 Å². The summed E-state index contributed by atoms with van der Waals surface area (Å²) < 4.78 is 21.6. The molecule has 1 aliphatic heterocycles. The van der Waals surface area contributed by atoms with E-state index in [2.05, 4.69) is 9.80 Å². The molecule has 2 aromatic rings. The van der Waals surface area contributed by atoms with Gasteiger partial charge in [-0.25, -0.2) is 4.79 Å². The zero-order chi connectivity index (χ0) is 23.1. The van der Waals surface area contributed by atoms with Crippen molar-refractivity contribution < 1.29 is 23.7 Å². The van der Waals surface area contributed by atoms with Gasteiger partial charge in [0.25, 0.3) is 0 Å². The summed E-state index contributed by atoms with van der Waals surface area (Å²) in [6.45, 7) is 7.32. The van der Waals surface area contributed by atoms with Gasteiger partial charge >= 0.3 is 5.97 Å². The van der Waals surface area contributed by atoms with Crippen LogP contribution in [0, 0.1) is 0 Å². The fourth-order valence-corrected chi connectivity index (χ4v) is 4.03. The van der Waals surface area contributed by atoms with Crippen LogP contribution in [0.3, 0.4) is 0 Å². The first kappa shape index (κ1) is 23.7. The minimum atomic E-state index is -0.338. The number of ether oxygens (including phenoxy) is 4. The highest BCUT2D eigenvalue weighted by molar-refractivity contribution is 5.90. The summed E-state index contributed by atoms with van der Waals surface area (Å²) in [4.78, 5) is 16.8. The Labute approximate surface area is 189 Å². The zero-order valence-electron chi connectivity index (χ0n) is 19.3. The molecular weight excluding hydrogens is 410 g/mol. The largest absolute Gasteiger partial charge is 0.493 e. The number of anilines is 1. The molecule has 0 unspecified atom stereocenters. The first-order valence-electron chi connectivity index (χ1n) is 10.8. The van der Waals surface area contributed by atoms with Gasteiger partial charge in [0.05, 0.1) is 33.5 Å². The molecular formula is C24H33N3O5. The highest BCUT2D eigenvalue weighted by atomic mass is 16.5. The molecule has 3 rings (SSSR count). The van der Waals surface area contributed by atoms with Crippen LogP contribution in [0.15, 0.2) is 30.3 Å². The summed E-state index contributed by atoms with van der Waals surface area (Å²) in [6, 6.07) is 9.39. The van der Waals surface area contributed by atoms with Gasteiger partial charge in [-0.15, -0.1) is 0 Å². The predicted octanol–water partition coefficient (Wildman–Crippen LogP) is 2.79. The van der Waals surface area contributed by atoms with Crippen molar-refractivity contribution in [3.8, 4) is 17.2 Å². The molecule has 0 bridgehead atoms. The number of nitrogens with zero attached hydrogens (tertiary/aromatic N) is 2. The monoisotopic (exact) mass is 443 g/mol. The topological polar surface area (TPSA) is 86.5 Å². The van der Waals surface area contributed by atoms with Crippen LogP contribution in [0.1, 0.15) is 28.4 Å². The van der Waals surface area contributed by atoms with Crippen LogP contribution in [-0.4, -0.2) is 69.9 Å². The van der Waals surface area contributed by atoms with E-state index in [1.165, 1.54) is 0 Å². The van der Waals surface area contributed by atoms with Crippen molar-refractivity contribution >= 4 is 11.7 Å². The molecule has 0 spiro atoms. The number of esters is 1. The number of rotatable bonds is 9. The standard InChI is InChI=1S/C24H33N3O5/c1-5-32-24(28)19-12-17(13-20(25)14-19)15-26-8-10-27(11-9-26)16-18-6-7-21(29-2)23(31-4)22(18)30-3/h6-7,12-14H,5,8-11,15-16,25H2,1-4H3. The van der Waals surface area contributed by atoms with Crippen molar-refractivity contribution in [2.45, 2.75) is 20.0 Å². The van der Waals surface area contributed by atoms with Crippen LogP contribution in [0.5, 0.6) is 17.2 Å². The van der Waals surface area contributed by atoms with E-state index in [-0.39, 0.29) is 5.97 Å². The Kier molecular flexibility index (Phi) is 8.19. The van der Waals surface area contributed by atoms with Gasteiger partial charge in [0.1, 0.15) is 0 Å². The van der Waals surface area contributed by atoms with E-state index >= 15 is 0 Å². The zero-order valence-corrected chi connectivity index (χ0v) is 19.3. The van der Waals surface area contributed by atoms with Crippen LogP contribution in [-0.2, 0) is 17.8 Å². The summed E-state index contributed by atoms with van der Waals surface area (Å²) in [7, 11) is 4.88. The second-order valence-corrected chi connectivity index (χ2v) is 7.73. The summed E-state index contributed by atoms with van der Waals surface area (Å²) >= 11 is 0. The Balaban J connectivity index is 1.61. The van der Waals surface area contributed by atoms with Gasteiger partial charge in [-0.2, -0.15) is 0 Å². The molecule has 1 fully saturated rings. The van der Waals surface area contributed by atoms with Gasteiger partial charge in [-0.1, -0.05) is 6.07 Å². The molecule has 8 heteroatoms. The van der Waals surface area contributed by atoms with Gasteiger partial charge in [-0.05, 0) is 36.8 Å². The normalized spacial score (nSPS) is 14.8. The van der Waals surface area contributed by atoms with E-state index in [4.69, 9.17) is 24.7 Å². The van der Waals surface area contributed by atoms with Gasteiger partial charge in [0, 0.05) is 50.5 Å². The molecule has 2 aromatic carbocycles. The third-order valence-electron chi connectivity index (χ3n) is 5.58. The fraction of sp³-hybridized carbons (Fsp3) is 0.458. The van der Waals surface area contributed by atoms with Crippen molar-refractivity contribution in [1.29, 1.82) is 0 Å². The average Bonchev–Trinajstić information content (AvgIpc) is 2.79. The predicted molar refractivity (Wildman–Crippen MR) is 123 cm³/mol. The maximum absolute atomic E-state index is 12.1. The van der Waals surface area contributed by atoms with Crippen LogP contribution in [0.4, 0.5) is 5.69 Å². The van der Waals surface area contributed by atoms with Gasteiger partial charge in [0.2, 0.25) is 5.75 Å². The molecule has 1 aliphatic rings. The lowest BCUT2D eigenvalue weighted by molar-refractivity contribution is 0.0526. The highest BCUT2D eigenvalue weighted by Crippen LogP contribution is 2.40. The Morgan fingerprint density at radius 1 is 0.906 bits per heavy atom. The van der Waals surface area contributed by atoms with Crippen LogP contribution in [0.25, 0.3) is 0 Å². The van der Waals surface area contributed by atoms with Gasteiger partial charge < -0.3 is 24.7 Å². The molecule has 0 amide bonds. The number of nitrogen functional groups attached to an aromatic ring is 1. The van der Waals surface area contributed by atoms with Crippen molar-refractivity contribution in [2.75, 3.05) is 59.8 Å². The molecule has 0 atom stereocenters. The van der Waals surface area contributed by atoms with E-state index in [1.807, 2.05) is 24.3 Å². The first-order valence-corrected chi connectivity index (χ1v) is 10.8. The SMILES string of the molecule is CCOC(=O)c1cc(N)cc(CN2CCN(Cc3ccc(OC)c(OC)c3OC)CC2)c1. The third kappa shape index (κ3) is 5.63. The molecule has 1 saturated heterocycles. The minimum absolute atomic E-state index is 0.338. The number of methoxy groups -OCH3 is 3. The van der Waals surface area contributed by atoms with Crippen LogP contribution in [0.2, 0.25) is 0 Å². The number of benzene rings is 2. The molecule has 0 saturated carbocycles. The first-order chi connectivity index (χ1) is 15.5. The average molecular weight is 444 g/mol. The lowest BCUT2D eigenvalue weighted by Crippen LogP contribution is -2.45. The number of carbonyl (C=O) groups excluding carboxylic acids is 1. The molecule has 8 nitrogen and oxygen atoms in total. The van der Waals surface area contributed by atoms with E-state index < -0.39 is 0 Å². The van der Waals surface area contributed by atoms with E-state index in [9.17, 15) is 4.79 Å². The van der Waals surface area contributed by atoms with E-state index in [0.29, 0.717) is 35.1 Å². The molecule has 0 aromatic heterocycles. The summed E-state index contributed by atoms with van der Waals surface area (Å²) in [5, 5.41) is 0. The lowest BCUT2D eigenvalue weighted by Gasteiger charge is -2.35. The van der Waals surface area contributed by atoms with Crippen molar-refractivity contribution in [1.82, 2.24) is 9.80 Å². The molecule has 1 heterocycles. The Morgan fingerprint density at radius 3 is 2.16 bits per heavy atom. The molecule has 32 heavy (non-hydrogen) atoms. The fourth-order valence-electron chi connectivity index (χ4n) is 4.03. The number of piperazine rings is 1. The number of hydrogen-bond acceptors (Lipinski definition) is 8. The second-order valence-electron chi connectivity index (χ2n) is 7.73. The molecule has 0 aliphatic carbocycles. The Hall–Kier alpha value is -2.97. The third-order valence-corrected chi connectivity index (χ3v) is 5.58. The Bertz CT molecular complexity index is 926. The van der Waals surface area contributed by atoms with E-state index in [0.717, 1.165) is 50.4 Å². The summed E-state index contributed by atoms with van der Waals surface area (Å²) in [5.74, 6) is 1.64. The van der Waals surface area contributed by atoms with E-state index in [1.54, 1.807) is 34.3 Å². The van der Waals surface area contributed by atoms with Crippen LogP contribution >= 0.6 is 0 Å². The summed E-state index contributed by atoms with van der Waals surface area (Å²) in [5.41, 5.74) is 9.17. The number of carbonyl (C=O) groups is 1. The highest BCUT2D eigenvalue weighted by Gasteiger charge is 2.22. The number of nitrogens with two attached hydrogens (primary N) is 1. The summed E-state index contributed by atoms with van der Waals surface area (Å²) in [6.07, 6.45) is 0.